The molecule has 0 radical (unpaired) electrons. The average molecular weight is 296 g/mol. The minimum absolute atomic E-state index is 0.0834. The van der Waals surface area contributed by atoms with E-state index < -0.39 is 0 Å². The van der Waals surface area contributed by atoms with Crippen LogP contribution in [0.5, 0.6) is 0 Å². The monoisotopic (exact) mass is 295 g/mol. The first kappa shape index (κ1) is 13.6. The van der Waals surface area contributed by atoms with Gasteiger partial charge in [-0.25, -0.2) is 0 Å². The van der Waals surface area contributed by atoms with Crippen molar-refractivity contribution in [1.29, 1.82) is 0 Å². The number of rotatable bonds is 2. The quantitative estimate of drug-likeness (QED) is 0.779. The van der Waals surface area contributed by atoms with Crippen LogP contribution in [-0.4, -0.2) is 5.48 Å². The van der Waals surface area contributed by atoms with Crippen LogP contribution in [0.4, 0.5) is 0 Å². The molecule has 0 bridgehead atoms. The molecule has 1 nitrogen and oxygen atoms in total. The zero-order chi connectivity index (χ0) is 13.1. The second-order valence-electron chi connectivity index (χ2n) is 3.81. The van der Waals surface area contributed by atoms with Gasteiger partial charge >= 0.3 is 0 Å². The Morgan fingerprint density at radius 2 is 1.72 bits per heavy atom. The lowest BCUT2D eigenvalue weighted by Gasteiger charge is -2.16. The number of benzene rings is 2. The number of hydrogen-bond donors (Lipinski definition) is 0. The van der Waals surface area contributed by atoms with Crippen molar-refractivity contribution in [2.75, 3.05) is 0 Å². The maximum atomic E-state index is 12.2. The van der Waals surface area contributed by atoms with Crippen molar-refractivity contribution >= 4 is 42.2 Å². The summed E-state index contributed by atoms with van der Waals surface area (Å²) in [4.78, 5) is 0. The first-order valence-corrected chi connectivity index (χ1v) is 7.00. The SMILES string of the molecule is Cc1ccc(Cl)c(C([O-])=Pc2ccccc2)c1Cl. The molecule has 0 saturated carbocycles. The third-order valence-corrected chi connectivity index (χ3v) is 4.27. The highest BCUT2D eigenvalue weighted by Gasteiger charge is 2.07. The van der Waals surface area contributed by atoms with Crippen molar-refractivity contribution in [3.63, 3.8) is 0 Å². The lowest BCUT2D eigenvalue weighted by molar-refractivity contribution is -0.206. The van der Waals surface area contributed by atoms with E-state index in [0.717, 1.165) is 10.9 Å². The van der Waals surface area contributed by atoms with E-state index in [1.54, 1.807) is 12.1 Å². The molecule has 2 rings (SSSR count). The zero-order valence-electron chi connectivity index (χ0n) is 9.65. The van der Waals surface area contributed by atoms with Crippen molar-refractivity contribution in [3.05, 3.63) is 63.6 Å². The molecule has 18 heavy (non-hydrogen) atoms. The smallest absolute Gasteiger partial charge is 0.0515 e. The standard InChI is InChI=1S/C14H11Cl2OP/c1-9-7-8-11(15)12(13(9)16)14(17)18-10-5-3-2-4-6-10/h2-8,17H,1H3/p-1. The van der Waals surface area contributed by atoms with E-state index in [2.05, 4.69) is 0 Å². The lowest BCUT2D eigenvalue weighted by atomic mass is 10.1. The predicted molar refractivity (Wildman–Crippen MR) is 78.3 cm³/mol. The molecule has 2 aromatic carbocycles. The van der Waals surface area contributed by atoms with Gasteiger partial charge in [0.2, 0.25) is 0 Å². The fourth-order valence-corrected chi connectivity index (χ4v) is 3.10. The highest BCUT2D eigenvalue weighted by molar-refractivity contribution is 7.49. The summed E-state index contributed by atoms with van der Waals surface area (Å²) in [6.07, 6.45) is 0. The molecule has 0 N–H and O–H groups in total. The molecular weight excluding hydrogens is 286 g/mol. The van der Waals surface area contributed by atoms with Gasteiger partial charge in [0.05, 0.1) is 5.02 Å². The second-order valence-corrected chi connectivity index (χ2v) is 5.74. The van der Waals surface area contributed by atoms with E-state index in [9.17, 15) is 5.11 Å². The molecule has 92 valence electrons. The first-order valence-electron chi connectivity index (χ1n) is 5.35. The summed E-state index contributed by atoms with van der Waals surface area (Å²) >= 11 is 12.2. The minimum atomic E-state index is -0.0834. The maximum absolute atomic E-state index is 12.2. The molecule has 0 saturated heterocycles. The van der Waals surface area contributed by atoms with E-state index in [-0.39, 0.29) is 5.48 Å². The molecule has 0 fully saturated rings. The molecule has 4 heteroatoms. The van der Waals surface area contributed by atoms with Crippen LogP contribution in [0.1, 0.15) is 11.1 Å². The first-order chi connectivity index (χ1) is 8.59. The lowest BCUT2D eigenvalue weighted by Crippen LogP contribution is -2.19. The molecule has 0 aliphatic rings. The Labute approximate surface area is 118 Å². The van der Waals surface area contributed by atoms with Crippen molar-refractivity contribution in [2.45, 2.75) is 6.92 Å². The fourth-order valence-electron chi connectivity index (χ4n) is 1.53. The van der Waals surface area contributed by atoms with Crippen molar-refractivity contribution in [2.24, 2.45) is 0 Å². The highest BCUT2D eigenvalue weighted by atomic mass is 35.5. The van der Waals surface area contributed by atoms with Gasteiger partial charge in [-0.15, -0.1) is 5.48 Å². The second kappa shape index (κ2) is 5.86. The van der Waals surface area contributed by atoms with Crippen molar-refractivity contribution < 1.29 is 5.11 Å². The van der Waals surface area contributed by atoms with Gasteiger partial charge in [0.1, 0.15) is 0 Å². The molecule has 0 amide bonds. The summed E-state index contributed by atoms with van der Waals surface area (Å²) in [7, 11) is 0.581. The minimum Gasteiger partial charge on any atom is -0.823 e. The van der Waals surface area contributed by atoms with Gasteiger partial charge in [-0.2, -0.15) is 0 Å². The van der Waals surface area contributed by atoms with Crippen LogP contribution in [0, 0.1) is 6.92 Å². The zero-order valence-corrected chi connectivity index (χ0v) is 12.1. The van der Waals surface area contributed by atoms with Crippen LogP contribution >= 0.6 is 31.4 Å². The van der Waals surface area contributed by atoms with Gasteiger partial charge in [0, 0.05) is 15.9 Å². The van der Waals surface area contributed by atoms with E-state index in [0.29, 0.717) is 23.8 Å². The van der Waals surface area contributed by atoms with Crippen LogP contribution in [0.3, 0.4) is 0 Å². The number of halogens is 2. The van der Waals surface area contributed by atoms with E-state index >= 15 is 0 Å². The Kier molecular flexibility index (Phi) is 4.42. The summed E-state index contributed by atoms with van der Waals surface area (Å²) in [5, 5.41) is 14.0. The molecule has 0 spiro atoms. The highest BCUT2D eigenvalue weighted by Crippen LogP contribution is 2.28. The summed E-state index contributed by atoms with van der Waals surface area (Å²) in [6.45, 7) is 1.86. The summed E-state index contributed by atoms with van der Waals surface area (Å²) in [6, 6.07) is 13.0. The molecule has 0 aliphatic carbocycles. The summed E-state index contributed by atoms with van der Waals surface area (Å²) in [5.74, 6) is 0. The number of aryl methyl sites for hydroxylation is 1. The van der Waals surface area contributed by atoms with Gasteiger partial charge in [-0.3, -0.25) is 0 Å². The Hall–Kier alpha value is -0.850. The predicted octanol–water partition coefficient (Wildman–Crippen LogP) is 3.41. The Balaban J connectivity index is 2.50. The number of hydrogen-bond acceptors (Lipinski definition) is 1. The average Bonchev–Trinajstić information content (AvgIpc) is 2.36. The van der Waals surface area contributed by atoms with E-state index in [1.807, 2.05) is 37.3 Å². The molecule has 0 aliphatic heterocycles. The molecular formula is C14H10Cl2OP-. The van der Waals surface area contributed by atoms with Gasteiger partial charge in [0.25, 0.3) is 0 Å². The Morgan fingerprint density at radius 1 is 1.06 bits per heavy atom. The van der Waals surface area contributed by atoms with Gasteiger partial charge in [-0.05, 0) is 18.6 Å². The van der Waals surface area contributed by atoms with Gasteiger partial charge in [0.15, 0.2) is 0 Å². The van der Waals surface area contributed by atoms with Gasteiger partial charge < -0.3 is 5.11 Å². The third kappa shape index (κ3) is 2.93. The molecule has 2 aromatic rings. The summed E-state index contributed by atoms with van der Waals surface area (Å²) < 4.78 is 0. The van der Waals surface area contributed by atoms with Crippen LogP contribution in [0.15, 0.2) is 42.5 Å². The van der Waals surface area contributed by atoms with Gasteiger partial charge in [-0.1, -0.05) is 67.8 Å². The Bertz CT molecular complexity index is 594. The molecule has 0 heterocycles. The van der Waals surface area contributed by atoms with Crippen molar-refractivity contribution in [3.8, 4) is 0 Å². The third-order valence-electron chi connectivity index (χ3n) is 2.48. The van der Waals surface area contributed by atoms with Crippen LogP contribution < -0.4 is 10.4 Å². The Morgan fingerprint density at radius 3 is 2.39 bits per heavy atom. The molecule has 0 aromatic heterocycles. The maximum Gasteiger partial charge on any atom is 0.0515 e. The van der Waals surface area contributed by atoms with Crippen LogP contribution in [0.25, 0.3) is 0 Å². The fraction of sp³-hybridized carbons (Fsp3) is 0.0714. The van der Waals surface area contributed by atoms with Crippen LogP contribution in [0.2, 0.25) is 10.0 Å². The van der Waals surface area contributed by atoms with Crippen LogP contribution in [-0.2, 0) is 0 Å². The topological polar surface area (TPSA) is 23.1 Å². The van der Waals surface area contributed by atoms with E-state index in [4.69, 9.17) is 23.2 Å². The molecule has 0 atom stereocenters. The normalized spacial score (nSPS) is 11.7. The van der Waals surface area contributed by atoms with E-state index in [1.165, 1.54) is 0 Å². The summed E-state index contributed by atoms with van der Waals surface area (Å²) in [5.41, 5.74) is 1.18. The largest absolute Gasteiger partial charge is 0.823 e. The molecule has 0 unspecified atom stereocenters. The van der Waals surface area contributed by atoms with Crippen molar-refractivity contribution in [1.82, 2.24) is 0 Å².